The molecule has 0 radical (unpaired) electrons. The Balaban J connectivity index is 2.30. The van der Waals surface area contributed by atoms with Gasteiger partial charge in [0.05, 0.1) is 0 Å². The molecule has 0 amide bonds. The molecule has 1 aliphatic carbocycles. The molecule has 0 saturated heterocycles. The van der Waals surface area contributed by atoms with Gasteiger partial charge in [-0.25, -0.2) is 0 Å². The molecule has 1 fully saturated rings. The van der Waals surface area contributed by atoms with Gasteiger partial charge in [0.2, 0.25) is 0 Å². The van der Waals surface area contributed by atoms with Gasteiger partial charge in [0.1, 0.15) is 0 Å². The average Bonchev–Trinajstić information content (AvgIpc) is 1.95. The molecule has 56 valence electrons. The first kappa shape index (κ1) is 7.66. The Morgan fingerprint density at radius 1 is 1.10 bits per heavy atom. The van der Waals surface area contributed by atoms with E-state index in [1.165, 1.54) is 25.7 Å². The van der Waals surface area contributed by atoms with Crippen molar-refractivity contribution in [2.45, 2.75) is 39.5 Å². The molecule has 0 aromatic carbocycles. The van der Waals surface area contributed by atoms with Crippen LogP contribution in [0.3, 0.4) is 0 Å². The maximum absolute atomic E-state index is 3.26. The van der Waals surface area contributed by atoms with E-state index in [2.05, 4.69) is 18.8 Å². The number of hydrogen-bond acceptors (Lipinski definition) is 0. The molecule has 0 atom stereocenters. The Morgan fingerprint density at radius 3 is 2.20 bits per heavy atom. The molecular weight excluding hydrogens is 120 g/mol. The lowest BCUT2D eigenvalue weighted by Crippen LogP contribution is -2.10. The Hall–Kier alpha value is -0.440. The van der Waals surface area contributed by atoms with E-state index < -0.39 is 0 Å². The Morgan fingerprint density at radius 2 is 1.70 bits per heavy atom. The lowest BCUT2D eigenvalue weighted by molar-refractivity contribution is 0.337. The van der Waals surface area contributed by atoms with E-state index >= 15 is 0 Å². The van der Waals surface area contributed by atoms with Gasteiger partial charge in [0, 0.05) is 5.92 Å². The molecule has 1 saturated carbocycles. The molecule has 0 aromatic heterocycles. The molecule has 0 heterocycles. The minimum Gasteiger partial charge on any atom is -0.106 e. The summed E-state index contributed by atoms with van der Waals surface area (Å²) < 4.78 is 0. The normalized spacial score (nSPS) is 32.6. The highest BCUT2D eigenvalue weighted by atomic mass is 14.2. The van der Waals surface area contributed by atoms with Gasteiger partial charge in [-0.15, -0.1) is 11.8 Å². The first-order chi connectivity index (χ1) is 4.83. The monoisotopic (exact) mass is 136 g/mol. The quantitative estimate of drug-likeness (QED) is 0.449. The fourth-order valence-corrected chi connectivity index (χ4v) is 1.61. The van der Waals surface area contributed by atoms with Crippen molar-refractivity contribution in [1.29, 1.82) is 0 Å². The summed E-state index contributed by atoms with van der Waals surface area (Å²) in [6, 6.07) is 0. The minimum absolute atomic E-state index is 0.723. The smallest absolute Gasteiger partial charge is 0.0203 e. The third-order valence-electron chi connectivity index (χ3n) is 2.36. The highest BCUT2D eigenvalue weighted by molar-refractivity contribution is 5.01. The van der Waals surface area contributed by atoms with Crippen molar-refractivity contribution in [2.75, 3.05) is 0 Å². The van der Waals surface area contributed by atoms with E-state index in [0.717, 1.165) is 11.8 Å². The van der Waals surface area contributed by atoms with Gasteiger partial charge in [-0.05, 0) is 38.5 Å². The van der Waals surface area contributed by atoms with Gasteiger partial charge < -0.3 is 0 Å². The lowest BCUT2D eigenvalue weighted by Gasteiger charge is -2.21. The molecule has 1 rings (SSSR count). The molecule has 0 unspecified atom stereocenters. The third-order valence-corrected chi connectivity index (χ3v) is 2.36. The topological polar surface area (TPSA) is 0 Å². The third kappa shape index (κ3) is 2.06. The molecule has 10 heavy (non-hydrogen) atoms. The average molecular weight is 136 g/mol. The zero-order valence-electron chi connectivity index (χ0n) is 6.98. The van der Waals surface area contributed by atoms with Crippen LogP contribution in [0.1, 0.15) is 39.5 Å². The van der Waals surface area contributed by atoms with Crippen molar-refractivity contribution in [3.63, 3.8) is 0 Å². The van der Waals surface area contributed by atoms with E-state index in [-0.39, 0.29) is 0 Å². The highest BCUT2D eigenvalue weighted by Gasteiger charge is 2.15. The number of hydrogen-bond donors (Lipinski definition) is 0. The van der Waals surface area contributed by atoms with Gasteiger partial charge in [0.25, 0.3) is 0 Å². The maximum Gasteiger partial charge on any atom is 0.0203 e. The summed E-state index contributed by atoms with van der Waals surface area (Å²) in [6.45, 7) is 4.29. The van der Waals surface area contributed by atoms with Crippen molar-refractivity contribution in [3.05, 3.63) is 0 Å². The van der Waals surface area contributed by atoms with Crippen LogP contribution >= 0.6 is 0 Å². The van der Waals surface area contributed by atoms with Crippen LogP contribution < -0.4 is 0 Å². The standard InChI is InChI=1S/C10H16/c1-3-4-10-7-5-9(2)6-8-10/h9-10H,5-8H2,1-2H3. The van der Waals surface area contributed by atoms with Gasteiger partial charge in [0.15, 0.2) is 0 Å². The zero-order chi connectivity index (χ0) is 7.40. The molecule has 0 N–H and O–H groups in total. The predicted molar refractivity (Wildman–Crippen MR) is 44.6 cm³/mol. The van der Waals surface area contributed by atoms with Crippen molar-refractivity contribution >= 4 is 0 Å². The summed E-state index contributed by atoms with van der Waals surface area (Å²) in [7, 11) is 0. The summed E-state index contributed by atoms with van der Waals surface area (Å²) >= 11 is 0. The number of rotatable bonds is 0. The van der Waals surface area contributed by atoms with Gasteiger partial charge in [-0.3, -0.25) is 0 Å². The van der Waals surface area contributed by atoms with E-state index in [1.807, 2.05) is 6.92 Å². The molecule has 0 nitrogen and oxygen atoms in total. The minimum atomic E-state index is 0.723. The summed E-state index contributed by atoms with van der Waals surface area (Å²) in [5.41, 5.74) is 0. The maximum atomic E-state index is 3.26. The molecule has 0 spiro atoms. The molecule has 0 aromatic rings. The van der Waals surface area contributed by atoms with E-state index in [0.29, 0.717) is 0 Å². The zero-order valence-corrected chi connectivity index (χ0v) is 6.98. The largest absolute Gasteiger partial charge is 0.106 e. The van der Waals surface area contributed by atoms with Crippen molar-refractivity contribution in [3.8, 4) is 11.8 Å². The summed E-state index contributed by atoms with van der Waals surface area (Å²) in [6.07, 6.45) is 5.45. The van der Waals surface area contributed by atoms with Crippen molar-refractivity contribution in [2.24, 2.45) is 11.8 Å². The molecular formula is C10H16. The van der Waals surface area contributed by atoms with Crippen LogP contribution in [0.25, 0.3) is 0 Å². The summed E-state index contributed by atoms with van der Waals surface area (Å²) in [4.78, 5) is 0. The van der Waals surface area contributed by atoms with Crippen LogP contribution in [0, 0.1) is 23.7 Å². The van der Waals surface area contributed by atoms with Crippen LogP contribution in [0.5, 0.6) is 0 Å². The van der Waals surface area contributed by atoms with Crippen molar-refractivity contribution < 1.29 is 0 Å². The Bertz CT molecular complexity index is 139. The van der Waals surface area contributed by atoms with Crippen LogP contribution in [-0.2, 0) is 0 Å². The van der Waals surface area contributed by atoms with Crippen LogP contribution in [0.2, 0.25) is 0 Å². The van der Waals surface area contributed by atoms with Gasteiger partial charge >= 0.3 is 0 Å². The van der Waals surface area contributed by atoms with Crippen LogP contribution in [0.15, 0.2) is 0 Å². The fourth-order valence-electron chi connectivity index (χ4n) is 1.61. The Labute approximate surface area is 64.0 Å². The molecule has 0 bridgehead atoms. The molecule has 1 aliphatic rings. The van der Waals surface area contributed by atoms with E-state index in [9.17, 15) is 0 Å². The fraction of sp³-hybridized carbons (Fsp3) is 0.800. The van der Waals surface area contributed by atoms with Crippen molar-refractivity contribution in [1.82, 2.24) is 0 Å². The van der Waals surface area contributed by atoms with E-state index in [1.54, 1.807) is 0 Å². The van der Waals surface area contributed by atoms with Crippen LogP contribution in [0.4, 0.5) is 0 Å². The second-order valence-electron chi connectivity index (χ2n) is 3.35. The van der Waals surface area contributed by atoms with Gasteiger partial charge in [-0.2, -0.15) is 0 Å². The second-order valence-corrected chi connectivity index (χ2v) is 3.35. The first-order valence-corrected chi connectivity index (χ1v) is 4.25. The van der Waals surface area contributed by atoms with Crippen LogP contribution in [-0.4, -0.2) is 0 Å². The Kier molecular flexibility index (Phi) is 2.81. The second kappa shape index (κ2) is 3.66. The summed E-state index contributed by atoms with van der Waals surface area (Å²) in [5.74, 6) is 7.93. The van der Waals surface area contributed by atoms with Gasteiger partial charge in [-0.1, -0.05) is 6.92 Å². The molecule has 0 aliphatic heterocycles. The summed E-state index contributed by atoms with van der Waals surface area (Å²) in [5, 5.41) is 0. The highest BCUT2D eigenvalue weighted by Crippen LogP contribution is 2.27. The van der Waals surface area contributed by atoms with E-state index in [4.69, 9.17) is 0 Å². The molecule has 0 heteroatoms. The lowest BCUT2D eigenvalue weighted by atomic mass is 9.83. The SMILES string of the molecule is CC#CC1CCC(C)CC1. The predicted octanol–water partition coefficient (Wildman–Crippen LogP) is 2.84. The first-order valence-electron chi connectivity index (χ1n) is 4.25.